The Balaban J connectivity index is 2.12. The Morgan fingerprint density at radius 1 is 0.947 bits per heavy atom. The largest absolute Gasteiger partial charge is 0.307 e. The minimum atomic E-state index is 0.541. The maximum Gasteiger partial charge on any atom is 0.0351 e. The Hall–Kier alpha value is -0.820. The van der Waals surface area contributed by atoms with Crippen LogP contribution in [0.1, 0.15) is 64.5 Å². The van der Waals surface area contributed by atoms with Gasteiger partial charge in [0.15, 0.2) is 0 Å². The van der Waals surface area contributed by atoms with Gasteiger partial charge in [0.25, 0.3) is 0 Å². The Bertz CT molecular complexity index is 351. The van der Waals surface area contributed by atoms with Crippen molar-refractivity contribution in [2.45, 2.75) is 65.0 Å². The zero-order chi connectivity index (χ0) is 13.7. The molecule has 1 nitrogen and oxygen atoms in total. The molecular weight excluding hydrogens is 230 g/mol. The molecule has 0 amide bonds. The first-order valence-electron chi connectivity index (χ1n) is 7.99. The molecule has 1 aromatic carbocycles. The van der Waals surface area contributed by atoms with Gasteiger partial charge in [0, 0.05) is 12.1 Å². The smallest absolute Gasteiger partial charge is 0.0351 e. The van der Waals surface area contributed by atoms with Crippen molar-refractivity contribution in [3.8, 4) is 0 Å². The van der Waals surface area contributed by atoms with Crippen molar-refractivity contribution in [1.82, 2.24) is 5.32 Å². The van der Waals surface area contributed by atoms with Crippen molar-refractivity contribution in [2.24, 2.45) is 11.8 Å². The quantitative estimate of drug-likeness (QED) is 0.789. The van der Waals surface area contributed by atoms with Crippen LogP contribution in [0.25, 0.3) is 0 Å². The third-order valence-electron chi connectivity index (χ3n) is 4.72. The fourth-order valence-electron chi connectivity index (χ4n) is 3.11. The fraction of sp³-hybridized carbons (Fsp3) is 0.667. The van der Waals surface area contributed by atoms with Gasteiger partial charge in [0.2, 0.25) is 0 Å². The average Bonchev–Trinajstić information content (AvgIpc) is 2.46. The summed E-state index contributed by atoms with van der Waals surface area (Å²) in [6.07, 6.45) is 7.02. The van der Waals surface area contributed by atoms with Crippen molar-refractivity contribution < 1.29 is 0 Å². The van der Waals surface area contributed by atoms with E-state index in [9.17, 15) is 0 Å². The van der Waals surface area contributed by atoms with Crippen LogP contribution in [-0.4, -0.2) is 6.04 Å². The molecule has 0 aromatic heterocycles. The van der Waals surface area contributed by atoms with Gasteiger partial charge in [0.1, 0.15) is 0 Å². The molecule has 2 atom stereocenters. The van der Waals surface area contributed by atoms with Crippen molar-refractivity contribution in [3.05, 3.63) is 35.9 Å². The molecule has 1 aliphatic rings. The van der Waals surface area contributed by atoms with Crippen molar-refractivity contribution >= 4 is 0 Å². The van der Waals surface area contributed by atoms with Crippen LogP contribution in [0.5, 0.6) is 0 Å². The van der Waals surface area contributed by atoms with E-state index in [0.29, 0.717) is 18.0 Å². The summed E-state index contributed by atoms with van der Waals surface area (Å²) in [6, 6.07) is 12.2. The summed E-state index contributed by atoms with van der Waals surface area (Å²) >= 11 is 0. The van der Waals surface area contributed by atoms with Crippen LogP contribution >= 0.6 is 0 Å². The average molecular weight is 259 g/mol. The van der Waals surface area contributed by atoms with Gasteiger partial charge in [-0.15, -0.1) is 0 Å². The van der Waals surface area contributed by atoms with Crippen molar-refractivity contribution in [1.29, 1.82) is 0 Å². The number of rotatable bonds is 5. The normalized spacial score (nSPS) is 20.4. The lowest BCUT2D eigenvalue weighted by Gasteiger charge is -2.34. The van der Waals surface area contributed by atoms with Gasteiger partial charge in [-0.1, -0.05) is 63.4 Å². The van der Waals surface area contributed by atoms with Crippen LogP contribution in [0.2, 0.25) is 0 Å². The third kappa shape index (κ3) is 4.07. The monoisotopic (exact) mass is 259 g/mol. The zero-order valence-corrected chi connectivity index (χ0v) is 12.7. The summed E-state index contributed by atoms with van der Waals surface area (Å²) in [5.41, 5.74) is 1.47. The van der Waals surface area contributed by atoms with E-state index in [-0.39, 0.29) is 0 Å². The van der Waals surface area contributed by atoms with E-state index in [0.717, 1.165) is 5.92 Å². The highest BCUT2D eigenvalue weighted by Crippen LogP contribution is 2.35. The van der Waals surface area contributed by atoms with Gasteiger partial charge < -0.3 is 5.32 Å². The lowest BCUT2D eigenvalue weighted by molar-refractivity contribution is 0.241. The summed E-state index contributed by atoms with van der Waals surface area (Å²) < 4.78 is 0. The van der Waals surface area contributed by atoms with Crippen LogP contribution in [0.15, 0.2) is 30.3 Å². The number of benzene rings is 1. The number of hydrogen-bond acceptors (Lipinski definition) is 1. The van der Waals surface area contributed by atoms with Crippen molar-refractivity contribution in [3.63, 3.8) is 0 Å². The zero-order valence-electron chi connectivity index (χ0n) is 12.7. The number of nitrogens with one attached hydrogen (secondary N) is 1. The Morgan fingerprint density at radius 2 is 1.58 bits per heavy atom. The van der Waals surface area contributed by atoms with Crippen LogP contribution in [0.4, 0.5) is 0 Å². The predicted octanol–water partition coefficient (Wildman–Crippen LogP) is 4.94. The van der Waals surface area contributed by atoms with Gasteiger partial charge in [-0.2, -0.15) is 0 Å². The first-order valence-corrected chi connectivity index (χ1v) is 7.99. The summed E-state index contributed by atoms with van der Waals surface area (Å²) in [5, 5.41) is 3.90. The summed E-state index contributed by atoms with van der Waals surface area (Å²) in [6.45, 7) is 6.94. The summed E-state index contributed by atoms with van der Waals surface area (Å²) in [7, 11) is 0. The molecule has 0 bridgehead atoms. The van der Waals surface area contributed by atoms with E-state index in [2.05, 4.69) is 56.4 Å². The second kappa shape index (κ2) is 7.09. The van der Waals surface area contributed by atoms with Crippen LogP contribution < -0.4 is 5.32 Å². The maximum atomic E-state index is 3.90. The highest BCUT2D eigenvalue weighted by atomic mass is 15.0. The van der Waals surface area contributed by atoms with E-state index < -0.39 is 0 Å². The Kier molecular flexibility index (Phi) is 5.45. The molecule has 0 aliphatic heterocycles. The molecule has 0 spiro atoms. The van der Waals surface area contributed by atoms with Gasteiger partial charge >= 0.3 is 0 Å². The predicted molar refractivity (Wildman–Crippen MR) is 83.2 cm³/mol. The van der Waals surface area contributed by atoms with E-state index in [1.54, 1.807) is 0 Å². The topological polar surface area (TPSA) is 12.0 Å². The first kappa shape index (κ1) is 14.6. The van der Waals surface area contributed by atoms with Crippen LogP contribution in [0, 0.1) is 11.8 Å². The van der Waals surface area contributed by atoms with Crippen LogP contribution in [-0.2, 0) is 0 Å². The molecule has 2 unspecified atom stereocenters. The summed E-state index contributed by atoms with van der Waals surface area (Å²) in [5.74, 6) is 1.51. The highest BCUT2D eigenvalue weighted by molar-refractivity contribution is 5.20. The standard InChI is InChI=1S/C18H29N/c1-14(2)15(3)19-18(16-10-6-4-7-11-16)17-12-8-5-9-13-17/h4,6-7,10-11,14-15,17-19H,5,8-9,12-13H2,1-3H3. The molecule has 0 radical (unpaired) electrons. The van der Waals surface area contributed by atoms with E-state index in [1.165, 1.54) is 37.7 Å². The molecule has 0 saturated heterocycles. The fourth-order valence-corrected chi connectivity index (χ4v) is 3.11. The number of hydrogen-bond donors (Lipinski definition) is 1. The molecule has 19 heavy (non-hydrogen) atoms. The molecule has 106 valence electrons. The lowest BCUT2D eigenvalue weighted by Crippen LogP contribution is -2.38. The second-order valence-electron chi connectivity index (χ2n) is 6.49. The second-order valence-corrected chi connectivity index (χ2v) is 6.49. The molecule has 1 aromatic rings. The molecule has 1 aliphatic carbocycles. The first-order chi connectivity index (χ1) is 9.18. The molecule has 2 rings (SSSR count). The Labute approximate surface area is 118 Å². The van der Waals surface area contributed by atoms with Gasteiger partial charge in [-0.05, 0) is 37.2 Å². The molecule has 1 saturated carbocycles. The van der Waals surface area contributed by atoms with Gasteiger partial charge in [-0.25, -0.2) is 0 Å². The highest BCUT2D eigenvalue weighted by Gasteiger charge is 2.26. The maximum absolute atomic E-state index is 3.90. The molecule has 1 heteroatoms. The van der Waals surface area contributed by atoms with E-state index in [1.807, 2.05) is 0 Å². The SMILES string of the molecule is CC(C)C(C)NC(c1ccccc1)C1CCCCC1. The third-order valence-corrected chi connectivity index (χ3v) is 4.72. The molecular formula is C18H29N. The molecule has 1 N–H and O–H groups in total. The Morgan fingerprint density at radius 3 is 2.16 bits per heavy atom. The van der Waals surface area contributed by atoms with Gasteiger partial charge in [-0.3, -0.25) is 0 Å². The van der Waals surface area contributed by atoms with Crippen LogP contribution in [0.3, 0.4) is 0 Å². The lowest BCUT2D eigenvalue weighted by atomic mass is 9.80. The van der Waals surface area contributed by atoms with Gasteiger partial charge in [0.05, 0.1) is 0 Å². The molecule has 1 fully saturated rings. The van der Waals surface area contributed by atoms with Crippen molar-refractivity contribution in [2.75, 3.05) is 0 Å². The van der Waals surface area contributed by atoms with E-state index >= 15 is 0 Å². The van der Waals surface area contributed by atoms with E-state index in [4.69, 9.17) is 0 Å². The minimum Gasteiger partial charge on any atom is -0.307 e. The molecule has 0 heterocycles. The summed E-state index contributed by atoms with van der Waals surface area (Å²) in [4.78, 5) is 0. The minimum absolute atomic E-state index is 0.541.